The number of benzene rings is 1. The molecule has 1 saturated heterocycles. The molecule has 7 heteroatoms. The van der Waals surface area contributed by atoms with Crippen LogP contribution in [0.3, 0.4) is 0 Å². The minimum atomic E-state index is 0. The lowest BCUT2D eigenvalue weighted by Crippen LogP contribution is -2.34. The number of carbonyl (C=O) groups excluding carboxylic acids is 1. The molecule has 176 valence electrons. The van der Waals surface area contributed by atoms with Gasteiger partial charge < -0.3 is 15.0 Å². The minimum absolute atomic E-state index is 0. The largest absolute Gasteiger partial charge is 0.490 e. The van der Waals surface area contributed by atoms with Gasteiger partial charge in [-0.15, -0.1) is 12.4 Å². The number of carbonyl (C=O) groups is 1. The lowest BCUT2D eigenvalue weighted by Gasteiger charge is -2.24. The maximum Gasteiger partial charge on any atom is 0.140 e. The van der Waals surface area contributed by atoms with Crippen LogP contribution in [0.25, 0.3) is 10.8 Å². The van der Waals surface area contributed by atoms with Gasteiger partial charge in [0.1, 0.15) is 17.6 Å². The Balaban J connectivity index is 0.00000306. The van der Waals surface area contributed by atoms with E-state index in [0.717, 1.165) is 73.4 Å². The number of aromatic nitrogens is 2. The second kappa shape index (κ2) is 12.6. The molecule has 0 saturated carbocycles. The number of Topliss-reactive ketones (excluding diaryl/α,β-unsaturated/α-hetero) is 1. The SMILES string of the molecule is CN(CCC(=O)Cc1cc2cc(OC3CCNCC3)ccc2cn1)CCc1ccccn1.Cl. The highest BCUT2D eigenvalue weighted by molar-refractivity contribution is 5.86. The average molecular weight is 469 g/mol. The summed E-state index contributed by atoms with van der Waals surface area (Å²) in [5.41, 5.74) is 1.90. The summed E-state index contributed by atoms with van der Waals surface area (Å²) >= 11 is 0. The topological polar surface area (TPSA) is 67.3 Å². The van der Waals surface area contributed by atoms with E-state index in [-0.39, 0.29) is 24.3 Å². The first kappa shape index (κ1) is 25.1. The number of pyridine rings is 2. The van der Waals surface area contributed by atoms with Crippen LogP contribution in [0.1, 0.15) is 30.7 Å². The zero-order chi connectivity index (χ0) is 22.2. The smallest absolute Gasteiger partial charge is 0.140 e. The molecule has 1 aliphatic rings. The molecule has 0 bridgehead atoms. The number of hydrogen-bond donors (Lipinski definition) is 1. The summed E-state index contributed by atoms with van der Waals surface area (Å²) in [6.45, 7) is 3.64. The zero-order valence-corrected chi connectivity index (χ0v) is 20.0. The van der Waals surface area contributed by atoms with Gasteiger partial charge in [-0.2, -0.15) is 0 Å². The summed E-state index contributed by atoms with van der Waals surface area (Å²) < 4.78 is 6.17. The van der Waals surface area contributed by atoms with Crippen LogP contribution in [-0.2, 0) is 17.6 Å². The number of piperidine rings is 1. The normalized spacial score (nSPS) is 14.2. The van der Waals surface area contributed by atoms with Crippen LogP contribution < -0.4 is 10.1 Å². The zero-order valence-electron chi connectivity index (χ0n) is 19.2. The van der Waals surface area contributed by atoms with Crippen LogP contribution in [-0.4, -0.2) is 60.0 Å². The van der Waals surface area contributed by atoms with E-state index in [9.17, 15) is 4.79 Å². The van der Waals surface area contributed by atoms with Gasteiger partial charge in [0.25, 0.3) is 0 Å². The van der Waals surface area contributed by atoms with E-state index in [1.54, 1.807) is 0 Å². The molecule has 1 aromatic carbocycles. The van der Waals surface area contributed by atoms with Crippen LogP contribution in [0.4, 0.5) is 0 Å². The molecular formula is C26H33ClN4O2. The molecule has 0 radical (unpaired) electrons. The van der Waals surface area contributed by atoms with E-state index in [1.165, 1.54) is 0 Å². The second-order valence-electron chi connectivity index (χ2n) is 8.59. The van der Waals surface area contributed by atoms with Crippen LogP contribution >= 0.6 is 12.4 Å². The number of likely N-dealkylation sites (N-methyl/N-ethyl adjacent to an activating group) is 1. The van der Waals surface area contributed by atoms with Crippen LogP contribution in [0.15, 0.2) is 54.9 Å². The molecule has 4 rings (SSSR count). The van der Waals surface area contributed by atoms with Crippen molar-refractivity contribution in [1.29, 1.82) is 0 Å². The molecule has 0 spiro atoms. The third-order valence-electron chi connectivity index (χ3n) is 5.97. The lowest BCUT2D eigenvalue weighted by atomic mass is 10.1. The molecule has 1 N–H and O–H groups in total. The molecule has 1 aliphatic heterocycles. The van der Waals surface area contributed by atoms with Gasteiger partial charge >= 0.3 is 0 Å². The summed E-state index contributed by atoms with van der Waals surface area (Å²) in [7, 11) is 2.05. The van der Waals surface area contributed by atoms with Gasteiger partial charge in [0.2, 0.25) is 0 Å². The molecule has 1 fully saturated rings. The monoisotopic (exact) mass is 468 g/mol. The van der Waals surface area contributed by atoms with Crippen LogP contribution in [0.2, 0.25) is 0 Å². The summed E-state index contributed by atoms with van der Waals surface area (Å²) in [6.07, 6.45) is 7.78. The molecule has 0 aliphatic carbocycles. The van der Waals surface area contributed by atoms with Gasteiger partial charge in [0.15, 0.2) is 0 Å². The predicted octanol–water partition coefficient (Wildman–Crippen LogP) is 3.86. The van der Waals surface area contributed by atoms with Gasteiger partial charge in [0.05, 0.1) is 0 Å². The van der Waals surface area contributed by atoms with Crippen molar-refractivity contribution >= 4 is 29.0 Å². The van der Waals surface area contributed by atoms with Crippen molar-refractivity contribution < 1.29 is 9.53 Å². The number of fused-ring (bicyclic) bond motifs is 1. The van der Waals surface area contributed by atoms with Gasteiger partial charge in [-0.25, -0.2) is 0 Å². The van der Waals surface area contributed by atoms with Crippen molar-refractivity contribution in [2.24, 2.45) is 0 Å². The Morgan fingerprint density at radius 3 is 2.70 bits per heavy atom. The Morgan fingerprint density at radius 1 is 1.06 bits per heavy atom. The van der Waals surface area contributed by atoms with Gasteiger partial charge in [-0.05, 0) is 74.8 Å². The Hall–Kier alpha value is -2.54. The fraction of sp³-hybridized carbons (Fsp3) is 0.423. The third kappa shape index (κ3) is 7.77. The van der Waals surface area contributed by atoms with Crippen molar-refractivity contribution in [2.45, 2.75) is 38.2 Å². The molecule has 33 heavy (non-hydrogen) atoms. The number of nitrogens with zero attached hydrogens (tertiary/aromatic N) is 3. The van der Waals surface area contributed by atoms with Gasteiger partial charge in [-0.3, -0.25) is 14.8 Å². The van der Waals surface area contributed by atoms with E-state index in [4.69, 9.17) is 4.74 Å². The van der Waals surface area contributed by atoms with Crippen molar-refractivity contribution in [1.82, 2.24) is 20.2 Å². The number of ketones is 1. The van der Waals surface area contributed by atoms with Crippen molar-refractivity contribution in [3.63, 3.8) is 0 Å². The minimum Gasteiger partial charge on any atom is -0.490 e. The lowest BCUT2D eigenvalue weighted by molar-refractivity contribution is -0.118. The molecule has 6 nitrogen and oxygen atoms in total. The first-order chi connectivity index (χ1) is 15.7. The van der Waals surface area contributed by atoms with E-state index in [1.807, 2.05) is 48.8 Å². The Labute approximate surface area is 202 Å². The maximum atomic E-state index is 12.5. The molecule has 3 aromatic rings. The molecule has 0 atom stereocenters. The summed E-state index contributed by atoms with van der Waals surface area (Å²) in [6, 6.07) is 14.1. The maximum absolute atomic E-state index is 12.5. The fourth-order valence-corrected chi connectivity index (χ4v) is 4.01. The van der Waals surface area contributed by atoms with Crippen LogP contribution in [0, 0.1) is 0 Å². The molecular weight excluding hydrogens is 436 g/mol. The van der Waals surface area contributed by atoms with Crippen LogP contribution in [0.5, 0.6) is 5.75 Å². The van der Waals surface area contributed by atoms with E-state index in [0.29, 0.717) is 12.8 Å². The quantitative estimate of drug-likeness (QED) is 0.487. The number of nitrogens with one attached hydrogen (secondary N) is 1. The first-order valence-electron chi connectivity index (χ1n) is 11.5. The molecule has 0 unspecified atom stereocenters. The van der Waals surface area contributed by atoms with E-state index >= 15 is 0 Å². The Bertz CT molecular complexity index is 1030. The summed E-state index contributed by atoms with van der Waals surface area (Å²) in [4.78, 5) is 23.6. The summed E-state index contributed by atoms with van der Waals surface area (Å²) in [5, 5.41) is 5.50. The molecule has 2 aromatic heterocycles. The highest BCUT2D eigenvalue weighted by Crippen LogP contribution is 2.23. The highest BCUT2D eigenvalue weighted by atomic mass is 35.5. The van der Waals surface area contributed by atoms with Gasteiger partial charge in [-0.1, -0.05) is 6.07 Å². The first-order valence-corrected chi connectivity index (χ1v) is 11.5. The molecule has 3 heterocycles. The Morgan fingerprint density at radius 2 is 1.91 bits per heavy atom. The third-order valence-corrected chi connectivity index (χ3v) is 5.97. The van der Waals surface area contributed by atoms with Gasteiger partial charge in [0, 0.05) is 61.5 Å². The highest BCUT2D eigenvalue weighted by Gasteiger charge is 2.15. The second-order valence-corrected chi connectivity index (χ2v) is 8.59. The average Bonchev–Trinajstić information content (AvgIpc) is 2.82. The number of rotatable bonds is 10. The van der Waals surface area contributed by atoms with Crippen molar-refractivity contribution in [2.75, 3.05) is 33.2 Å². The predicted molar refractivity (Wildman–Crippen MR) is 134 cm³/mol. The number of hydrogen-bond acceptors (Lipinski definition) is 6. The fourth-order valence-electron chi connectivity index (χ4n) is 4.01. The molecule has 0 amide bonds. The van der Waals surface area contributed by atoms with E-state index < -0.39 is 0 Å². The van der Waals surface area contributed by atoms with E-state index in [2.05, 4.69) is 33.3 Å². The standard InChI is InChI=1S/C26H32N4O2.ClH/c1-30(14-9-22-4-2-3-11-28-22)15-10-24(31)18-23-16-21-17-26(6-5-20(21)19-29-23)32-25-7-12-27-13-8-25;/h2-6,11,16-17,19,25,27H,7-10,12-15,18H2,1H3;1H. The van der Waals surface area contributed by atoms with Crippen molar-refractivity contribution in [3.8, 4) is 5.75 Å². The van der Waals surface area contributed by atoms with Crippen molar-refractivity contribution in [3.05, 3.63) is 66.2 Å². The summed E-state index contributed by atoms with van der Waals surface area (Å²) in [5.74, 6) is 1.10. The Kier molecular flexibility index (Phi) is 9.61. The number of ether oxygens (including phenoxy) is 1. The number of halogens is 1.